The second-order valence-corrected chi connectivity index (χ2v) is 4.96. The van der Waals surface area contributed by atoms with E-state index in [0.717, 1.165) is 6.54 Å². The Kier molecular flexibility index (Phi) is 2.66. The summed E-state index contributed by atoms with van der Waals surface area (Å²) in [7, 11) is 2.01. The molecule has 0 aliphatic heterocycles. The zero-order valence-electron chi connectivity index (χ0n) is 9.80. The molecule has 1 N–H and O–H groups in total. The third-order valence-corrected chi connectivity index (χ3v) is 3.11. The van der Waals surface area contributed by atoms with E-state index in [-0.39, 0.29) is 5.41 Å². The lowest BCUT2D eigenvalue weighted by Crippen LogP contribution is -2.28. The third-order valence-electron chi connectivity index (χ3n) is 3.11. The van der Waals surface area contributed by atoms with E-state index >= 15 is 0 Å². The van der Waals surface area contributed by atoms with Crippen molar-refractivity contribution >= 4 is 0 Å². The molecule has 0 aromatic heterocycles. The highest BCUT2D eigenvalue weighted by Gasteiger charge is 2.23. The van der Waals surface area contributed by atoms with Gasteiger partial charge in [-0.3, -0.25) is 0 Å². The van der Waals surface area contributed by atoms with Gasteiger partial charge in [0.2, 0.25) is 0 Å². The summed E-state index contributed by atoms with van der Waals surface area (Å²) in [5, 5.41) is 3.25. The lowest BCUT2D eigenvalue weighted by Gasteiger charge is -2.26. The summed E-state index contributed by atoms with van der Waals surface area (Å²) >= 11 is 0. The summed E-state index contributed by atoms with van der Waals surface area (Å²) in [6.07, 6.45) is 12.4. The zero-order chi connectivity index (χ0) is 10.9. The fourth-order valence-corrected chi connectivity index (χ4v) is 2.00. The van der Waals surface area contributed by atoms with Gasteiger partial charge < -0.3 is 5.32 Å². The van der Waals surface area contributed by atoms with Gasteiger partial charge in [0.1, 0.15) is 0 Å². The third kappa shape index (κ3) is 2.29. The Balaban J connectivity index is 2.22. The Morgan fingerprint density at radius 2 is 1.93 bits per heavy atom. The molecule has 2 aliphatic carbocycles. The van der Waals surface area contributed by atoms with Crippen LogP contribution in [0.3, 0.4) is 0 Å². The molecule has 1 saturated carbocycles. The predicted molar refractivity (Wildman–Crippen MR) is 65.7 cm³/mol. The zero-order valence-corrected chi connectivity index (χ0v) is 9.80. The van der Waals surface area contributed by atoms with E-state index < -0.39 is 0 Å². The summed E-state index contributed by atoms with van der Waals surface area (Å²) in [5.41, 5.74) is 4.58. The van der Waals surface area contributed by atoms with Crippen LogP contribution < -0.4 is 5.32 Å². The maximum absolute atomic E-state index is 3.25. The molecule has 15 heavy (non-hydrogen) atoms. The standard InChI is InChI=1S/C14H19N/c1-14(2,10-15-3)13-6-4-5-11-9-12(11)7-8-13/h4-8,15H,9-10H2,1-3H3. The van der Waals surface area contributed by atoms with Gasteiger partial charge in [-0.05, 0) is 30.2 Å². The summed E-state index contributed by atoms with van der Waals surface area (Å²) in [4.78, 5) is 0. The normalized spacial score (nSPS) is 19.5. The Morgan fingerprint density at radius 3 is 2.67 bits per heavy atom. The highest BCUT2D eigenvalue weighted by molar-refractivity contribution is 5.56. The van der Waals surface area contributed by atoms with Gasteiger partial charge in [-0.2, -0.15) is 0 Å². The molecule has 1 heteroatoms. The molecule has 0 aromatic rings. The van der Waals surface area contributed by atoms with Gasteiger partial charge in [0.25, 0.3) is 0 Å². The van der Waals surface area contributed by atoms with Crippen molar-refractivity contribution in [2.45, 2.75) is 20.3 Å². The van der Waals surface area contributed by atoms with Crippen LogP contribution in [0.25, 0.3) is 0 Å². The molecule has 0 bridgehead atoms. The average molecular weight is 201 g/mol. The van der Waals surface area contributed by atoms with E-state index in [0.29, 0.717) is 0 Å². The van der Waals surface area contributed by atoms with Crippen molar-refractivity contribution in [1.29, 1.82) is 0 Å². The Labute approximate surface area is 92.3 Å². The second kappa shape index (κ2) is 3.82. The lowest BCUT2D eigenvalue weighted by molar-refractivity contribution is 0.434. The molecule has 0 radical (unpaired) electrons. The second-order valence-electron chi connectivity index (χ2n) is 4.96. The van der Waals surface area contributed by atoms with Crippen LogP contribution in [-0.2, 0) is 0 Å². The molecule has 2 rings (SSSR count). The minimum absolute atomic E-state index is 0.197. The van der Waals surface area contributed by atoms with Crippen molar-refractivity contribution in [2.24, 2.45) is 5.41 Å². The fraction of sp³-hybridized carbons (Fsp3) is 0.429. The highest BCUT2D eigenvalue weighted by Crippen LogP contribution is 2.38. The molecule has 0 unspecified atom stereocenters. The largest absolute Gasteiger partial charge is 0.319 e. The van der Waals surface area contributed by atoms with Crippen LogP contribution in [0.4, 0.5) is 0 Å². The SMILES string of the molecule is CNCC(C)(C)C1=CC=C2CC2=CC=C1. The smallest absolute Gasteiger partial charge is 0.00401 e. The van der Waals surface area contributed by atoms with E-state index in [4.69, 9.17) is 0 Å². The van der Waals surface area contributed by atoms with Gasteiger partial charge in [0, 0.05) is 12.0 Å². The predicted octanol–water partition coefficient (Wildman–Crippen LogP) is 2.98. The molecule has 1 fully saturated rings. The van der Waals surface area contributed by atoms with Crippen molar-refractivity contribution in [1.82, 2.24) is 5.32 Å². The van der Waals surface area contributed by atoms with Gasteiger partial charge in [0.15, 0.2) is 0 Å². The van der Waals surface area contributed by atoms with Crippen LogP contribution in [0.1, 0.15) is 20.3 Å². The molecule has 80 valence electrons. The fourth-order valence-electron chi connectivity index (χ4n) is 2.00. The van der Waals surface area contributed by atoms with Gasteiger partial charge in [-0.25, -0.2) is 0 Å². The number of rotatable bonds is 3. The maximum Gasteiger partial charge on any atom is 0.00401 e. The Hall–Kier alpha value is -1.08. The van der Waals surface area contributed by atoms with Crippen LogP contribution in [-0.4, -0.2) is 13.6 Å². The number of nitrogens with one attached hydrogen (secondary N) is 1. The first-order chi connectivity index (χ1) is 7.13. The molecule has 0 saturated heterocycles. The minimum atomic E-state index is 0.197. The maximum atomic E-state index is 3.25. The van der Waals surface area contributed by atoms with Gasteiger partial charge >= 0.3 is 0 Å². The average Bonchev–Trinajstić information content (AvgIpc) is 2.81. The topological polar surface area (TPSA) is 12.0 Å². The summed E-state index contributed by atoms with van der Waals surface area (Å²) in [6, 6.07) is 0. The van der Waals surface area contributed by atoms with Crippen LogP contribution in [0.2, 0.25) is 0 Å². The van der Waals surface area contributed by atoms with Crippen molar-refractivity contribution in [2.75, 3.05) is 13.6 Å². The summed E-state index contributed by atoms with van der Waals surface area (Å²) < 4.78 is 0. The first-order valence-corrected chi connectivity index (χ1v) is 5.57. The van der Waals surface area contributed by atoms with E-state index in [9.17, 15) is 0 Å². The van der Waals surface area contributed by atoms with Crippen molar-refractivity contribution in [3.8, 4) is 0 Å². The van der Waals surface area contributed by atoms with Crippen molar-refractivity contribution in [3.63, 3.8) is 0 Å². The van der Waals surface area contributed by atoms with Gasteiger partial charge in [-0.15, -0.1) is 0 Å². The monoisotopic (exact) mass is 201 g/mol. The molecule has 0 atom stereocenters. The molecular weight excluding hydrogens is 182 g/mol. The van der Waals surface area contributed by atoms with Crippen LogP contribution >= 0.6 is 0 Å². The first-order valence-electron chi connectivity index (χ1n) is 5.57. The van der Waals surface area contributed by atoms with E-state index in [2.05, 4.69) is 49.5 Å². The molecule has 2 aliphatic rings. The van der Waals surface area contributed by atoms with E-state index in [1.165, 1.54) is 23.1 Å². The van der Waals surface area contributed by atoms with Crippen LogP contribution in [0, 0.1) is 5.41 Å². The number of hydrogen-bond acceptors (Lipinski definition) is 1. The van der Waals surface area contributed by atoms with Crippen LogP contribution in [0.15, 0.2) is 47.1 Å². The number of fused-ring (bicyclic) bond motifs is 1. The molecular formula is C14H19N. The highest BCUT2D eigenvalue weighted by atomic mass is 14.8. The first kappa shape index (κ1) is 10.4. The molecule has 0 aromatic carbocycles. The lowest BCUT2D eigenvalue weighted by atomic mass is 9.83. The molecule has 0 heterocycles. The van der Waals surface area contributed by atoms with Crippen LogP contribution in [0.5, 0.6) is 0 Å². The Morgan fingerprint density at radius 1 is 1.20 bits per heavy atom. The van der Waals surface area contributed by atoms with Gasteiger partial charge in [0.05, 0.1) is 0 Å². The summed E-state index contributed by atoms with van der Waals surface area (Å²) in [6.45, 7) is 5.55. The number of allylic oxidation sites excluding steroid dienone is 7. The molecule has 0 amide bonds. The van der Waals surface area contributed by atoms with E-state index in [1.54, 1.807) is 0 Å². The molecule has 1 nitrogen and oxygen atoms in total. The minimum Gasteiger partial charge on any atom is -0.319 e. The summed E-state index contributed by atoms with van der Waals surface area (Å²) in [5.74, 6) is 0. The van der Waals surface area contributed by atoms with Crippen molar-refractivity contribution < 1.29 is 0 Å². The quantitative estimate of drug-likeness (QED) is 0.740. The number of hydrogen-bond donors (Lipinski definition) is 1. The van der Waals surface area contributed by atoms with Gasteiger partial charge in [-0.1, -0.05) is 44.2 Å². The molecule has 0 spiro atoms. The Bertz CT molecular complexity index is 378. The van der Waals surface area contributed by atoms with Crippen molar-refractivity contribution in [3.05, 3.63) is 47.1 Å². The van der Waals surface area contributed by atoms with E-state index in [1.807, 2.05) is 7.05 Å².